The number of rotatable bonds is 8. The summed E-state index contributed by atoms with van der Waals surface area (Å²) >= 11 is 6.16. The first-order chi connectivity index (χ1) is 14.9. The van der Waals surface area contributed by atoms with Crippen LogP contribution in [0.2, 0.25) is 5.02 Å². The lowest BCUT2D eigenvalue weighted by molar-refractivity contribution is -0.384. The van der Waals surface area contributed by atoms with Crippen molar-refractivity contribution in [1.29, 1.82) is 0 Å². The number of halogens is 1. The second kappa shape index (κ2) is 10.4. The molecular formula is C22H24ClN3O5. The Bertz CT molecular complexity index is 975. The van der Waals surface area contributed by atoms with Crippen molar-refractivity contribution in [1.82, 2.24) is 10.2 Å². The molecule has 164 valence electrons. The number of nitro benzene ring substituents is 1. The molecule has 9 heteroatoms. The average molecular weight is 446 g/mol. The van der Waals surface area contributed by atoms with Crippen LogP contribution in [-0.2, 0) is 4.74 Å². The summed E-state index contributed by atoms with van der Waals surface area (Å²) in [5, 5.41) is 14.7. The van der Waals surface area contributed by atoms with E-state index < -0.39 is 16.8 Å². The fraction of sp³-hybridized carbons (Fsp3) is 0.364. The number of likely N-dealkylation sites (tertiary alicyclic amines) is 1. The fourth-order valence-corrected chi connectivity index (χ4v) is 3.90. The van der Waals surface area contributed by atoms with Crippen LogP contribution in [0.1, 0.15) is 52.1 Å². The molecule has 1 heterocycles. The number of nitrogens with one attached hydrogen (secondary N) is 1. The van der Waals surface area contributed by atoms with Crippen molar-refractivity contribution in [2.45, 2.75) is 25.8 Å². The Balaban J connectivity index is 1.81. The number of carbonyl (C=O) groups is 2. The maximum atomic E-state index is 12.8. The minimum Gasteiger partial charge on any atom is -0.462 e. The zero-order valence-corrected chi connectivity index (χ0v) is 17.9. The van der Waals surface area contributed by atoms with E-state index in [-0.39, 0.29) is 29.5 Å². The summed E-state index contributed by atoms with van der Waals surface area (Å²) in [5.41, 5.74) is 0.637. The van der Waals surface area contributed by atoms with Crippen LogP contribution in [0.5, 0.6) is 0 Å². The molecule has 1 aliphatic heterocycles. The van der Waals surface area contributed by atoms with Crippen LogP contribution in [0.3, 0.4) is 0 Å². The quantitative estimate of drug-likeness (QED) is 0.374. The van der Waals surface area contributed by atoms with Gasteiger partial charge in [-0.15, -0.1) is 0 Å². The molecule has 1 fully saturated rings. The number of non-ortho nitro benzene ring substituents is 1. The van der Waals surface area contributed by atoms with Crippen molar-refractivity contribution in [2.75, 3.05) is 26.2 Å². The maximum Gasteiger partial charge on any atom is 0.338 e. The molecule has 0 spiro atoms. The van der Waals surface area contributed by atoms with Gasteiger partial charge < -0.3 is 10.1 Å². The summed E-state index contributed by atoms with van der Waals surface area (Å²) in [5.74, 6) is -1.21. The minimum atomic E-state index is -0.714. The number of ether oxygens (including phenoxy) is 1. The van der Waals surface area contributed by atoms with Crippen LogP contribution in [0.4, 0.5) is 5.69 Å². The zero-order valence-electron chi connectivity index (χ0n) is 17.2. The van der Waals surface area contributed by atoms with Crippen molar-refractivity contribution < 1.29 is 19.2 Å². The smallest absolute Gasteiger partial charge is 0.338 e. The van der Waals surface area contributed by atoms with Gasteiger partial charge in [-0.1, -0.05) is 23.7 Å². The van der Waals surface area contributed by atoms with Crippen LogP contribution >= 0.6 is 11.6 Å². The molecule has 2 aromatic rings. The lowest BCUT2D eigenvalue weighted by atomic mass is 10.0. The number of nitrogens with zero attached hydrogens (tertiary/aromatic N) is 2. The van der Waals surface area contributed by atoms with Gasteiger partial charge in [-0.2, -0.15) is 0 Å². The number of esters is 1. The molecule has 1 N–H and O–H groups in total. The van der Waals surface area contributed by atoms with E-state index in [1.165, 1.54) is 6.07 Å². The third-order valence-electron chi connectivity index (χ3n) is 5.17. The molecule has 1 amide bonds. The third kappa shape index (κ3) is 5.80. The summed E-state index contributed by atoms with van der Waals surface area (Å²) in [4.78, 5) is 37.8. The average Bonchev–Trinajstić information content (AvgIpc) is 3.28. The summed E-state index contributed by atoms with van der Waals surface area (Å²) in [6.45, 7) is 3.89. The molecule has 0 bridgehead atoms. The standard InChI is InChI=1S/C22H24ClN3O5/c1-2-31-22(28)17-10-16(12-19(13-17)26(29)30)21(27)24-14-20(25-8-3-4-9-25)15-6-5-7-18(23)11-15/h5-7,10-13,20H,2-4,8-9,14H2,1H3,(H,24,27). The summed E-state index contributed by atoms with van der Waals surface area (Å²) in [7, 11) is 0. The first-order valence-electron chi connectivity index (χ1n) is 10.1. The van der Waals surface area contributed by atoms with E-state index in [4.69, 9.17) is 16.3 Å². The molecule has 3 rings (SSSR count). The maximum absolute atomic E-state index is 12.8. The summed E-state index contributed by atoms with van der Waals surface area (Å²) in [6.07, 6.45) is 2.16. The highest BCUT2D eigenvalue weighted by Gasteiger charge is 2.25. The minimum absolute atomic E-state index is 0.0310. The predicted octanol–water partition coefficient (Wildman–Crippen LogP) is 3.99. The first-order valence-corrected chi connectivity index (χ1v) is 10.5. The van der Waals surface area contributed by atoms with Gasteiger partial charge in [0.1, 0.15) is 0 Å². The largest absolute Gasteiger partial charge is 0.462 e. The highest BCUT2D eigenvalue weighted by atomic mass is 35.5. The molecule has 31 heavy (non-hydrogen) atoms. The van der Waals surface area contributed by atoms with Crippen LogP contribution < -0.4 is 5.32 Å². The van der Waals surface area contributed by atoms with E-state index in [1.807, 2.05) is 18.2 Å². The van der Waals surface area contributed by atoms with E-state index in [2.05, 4.69) is 10.2 Å². The van der Waals surface area contributed by atoms with E-state index in [0.29, 0.717) is 11.6 Å². The second-order valence-electron chi connectivity index (χ2n) is 7.27. The number of amides is 1. The number of hydrogen-bond acceptors (Lipinski definition) is 6. The topological polar surface area (TPSA) is 102 Å². The van der Waals surface area contributed by atoms with Crippen molar-refractivity contribution >= 4 is 29.2 Å². The van der Waals surface area contributed by atoms with Crippen molar-refractivity contribution in [3.8, 4) is 0 Å². The van der Waals surface area contributed by atoms with Crippen molar-refractivity contribution in [2.24, 2.45) is 0 Å². The van der Waals surface area contributed by atoms with Gasteiger partial charge >= 0.3 is 5.97 Å². The molecule has 0 saturated carbocycles. The molecule has 1 atom stereocenters. The first kappa shape index (κ1) is 22.7. The highest BCUT2D eigenvalue weighted by molar-refractivity contribution is 6.30. The van der Waals surface area contributed by atoms with Gasteiger partial charge in [0.2, 0.25) is 0 Å². The van der Waals surface area contributed by atoms with Crippen molar-refractivity contribution in [3.05, 3.63) is 74.3 Å². The molecule has 1 unspecified atom stereocenters. The van der Waals surface area contributed by atoms with Crippen molar-refractivity contribution in [3.63, 3.8) is 0 Å². The number of hydrogen-bond donors (Lipinski definition) is 1. The fourth-order valence-electron chi connectivity index (χ4n) is 3.70. The lowest BCUT2D eigenvalue weighted by Gasteiger charge is -2.28. The molecule has 0 aliphatic carbocycles. The molecule has 1 saturated heterocycles. The van der Waals surface area contributed by atoms with E-state index in [9.17, 15) is 19.7 Å². The van der Waals surface area contributed by atoms with Gasteiger partial charge in [0, 0.05) is 29.3 Å². The molecule has 8 nitrogen and oxygen atoms in total. The van der Waals surface area contributed by atoms with Crippen LogP contribution in [0.25, 0.3) is 0 Å². The molecule has 1 aliphatic rings. The molecule has 0 radical (unpaired) electrons. The SMILES string of the molecule is CCOC(=O)c1cc(C(=O)NCC(c2cccc(Cl)c2)N2CCCC2)cc([N+](=O)[O-])c1. The Kier molecular flexibility index (Phi) is 7.59. The van der Waals surface area contributed by atoms with Gasteiger partial charge in [-0.3, -0.25) is 19.8 Å². The Morgan fingerprint density at radius 1 is 1.19 bits per heavy atom. The second-order valence-corrected chi connectivity index (χ2v) is 7.71. The van der Waals surface area contributed by atoms with Crippen LogP contribution in [-0.4, -0.2) is 47.9 Å². The molecule has 0 aromatic heterocycles. The zero-order chi connectivity index (χ0) is 22.4. The van der Waals surface area contributed by atoms with Gasteiger partial charge in [0.25, 0.3) is 11.6 Å². The van der Waals surface area contributed by atoms with Gasteiger partial charge in [-0.05, 0) is 56.6 Å². The van der Waals surface area contributed by atoms with Crippen LogP contribution in [0.15, 0.2) is 42.5 Å². The Labute approximate surface area is 185 Å². The summed E-state index contributed by atoms with van der Waals surface area (Å²) < 4.78 is 4.92. The number of carbonyl (C=O) groups excluding carboxylic acids is 2. The van der Waals surface area contributed by atoms with E-state index in [1.54, 1.807) is 13.0 Å². The monoisotopic (exact) mass is 445 g/mol. The van der Waals surface area contributed by atoms with Gasteiger partial charge in [0.05, 0.1) is 23.1 Å². The summed E-state index contributed by atoms with van der Waals surface area (Å²) in [6, 6.07) is 11.0. The Morgan fingerprint density at radius 2 is 1.90 bits per heavy atom. The Morgan fingerprint density at radius 3 is 2.55 bits per heavy atom. The van der Waals surface area contributed by atoms with Gasteiger partial charge in [-0.25, -0.2) is 4.79 Å². The highest BCUT2D eigenvalue weighted by Crippen LogP contribution is 2.27. The predicted molar refractivity (Wildman–Crippen MR) is 116 cm³/mol. The third-order valence-corrected chi connectivity index (χ3v) is 5.41. The normalized spacial score (nSPS) is 14.8. The molecule has 2 aromatic carbocycles. The number of benzene rings is 2. The van der Waals surface area contributed by atoms with E-state index >= 15 is 0 Å². The Hall–Kier alpha value is -2.97. The molecular weight excluding hydrogens is 422 g/mol. The lowest BCUT2D eigenvalue weighted by Crippen LogP contribution is -2.36. The van der Waals surface area contributed by atoms with E-state index in [0.717, 1.165) is 43.6 Å². The van der Waals surface area contributed by atoms with Crippen LogP contribution in [0, 0.1) is 10.1 Å². The number of nitro groups is 1. The van der Waals surface area contributed by atoms with Gasteiger partial charge in [0.15, 0.2) is 0 Å².